The molecule has 4 bridgehead atoms. The molecular weight excluding hydrogens is 382 g/mol. The zero-order valence-corrected chi connectivity index (χ0v) is 19.2. The van der Waals surface area contributed by atoms with Gasteiger partial charge in [0.25, 0.3) is 0 Å². The maximum Gasteiger partial charge on any atom is 0.226 e. The third kappa shape index (κ3) is 3.59. The first-order valence-corrected chi connectivity index (χ1v) is 13.0. The smallest absolute Gasteiger partial charge is 0.226 e. The zero-order valence-electron chi connectivity index (χ0n) is 19.2. The van der Waals surface area contributed by atoms with Gasteiger partial charge in [-0.05, 0) is 106 Å². The monoisotopic (exact) mass is 421 g/mol. The molecular formula is C27H39N3O. The molecule has 31 heavy (non-hydrogen) atoms. The molecule has 2 aliphatic heterocycles. The molecule has 1 amide bonds. The molecule has 1 aromatic carbocycles. The van der Waals surface area contributed by atoms with Crippen LogP contribution in [-0.2, 0) is 11.2 Å². The summed E-state index contributed by atoms with van der Waals surface area (Å²) in [4.78, 5) is 18.6. The molecule has 1 saturated heterocycles. The highest BCUT2D eigenvalue weighted by atomic mass is 16.2. The number of nitrogens with zero attached hydrogens (tertiary/aromatic N) is 2. The molecule has 4 aliphatic carbocycles. The third-order valence-corrected chi connectivity index (χ3v) is 9.42. The van der Waals surface area contributed by atoms with E-state index in [9.17, 15) is 4.79 Å². The highest BCUT2D eigenvalue weighted by molar-refractivity contribution is 5.83. The van der Waals surface area contributed by atoms with Crippen LogP contribution in [0, 0.1) is 23.2 Å². The minimum atomic E-state index is -0.0398. The topological polar surface area (TPSA) is 35.6 Å². The summed E-state index contributed by atoms with van der Waals surface area (Å²) in [5, 5.41) is 3.52. The van der Waals surface area contributed by atoms with E-state index in [2.05, 4.69) is 40.4 Å². The molecule has 4 heteroatoms. The average Bonchev–Trinajstić information content (AvgIpc) is 3.14. The lowest BCUT2D eigenvalue weighted by Gasteiger charge is -2.55. The van der Waals surface area contributed by atoms with Crippen molar-refractivity contribution in [1.82, 2.24) is 10.2 Å². The van der Waals surface area contributed by atoms with Crippen LogP contribution < -0.4 is 10.2 Å². The van der Waals surface area contributed by atoms with Crippen molar-refractivity contribution < 1.29 is 4.79 Å². The van der Waals surface area contributed by atoms with Gasteiger partial charge in [-0.1, -0.05) is 18.6 Å². The lowest BCUT2D eigenvalue weighted by molar-refractivity contribution is -0.146. The molecule has 5 fully saturated rings. The van der Waals surface area contributed by atoms with Crippen molar-refractivity contribution in [2.45, 2.75) is 70.3 Å². The Morgan fingerprint density at radius 2 is 1.71 bits per heavy atom. The summed E-state index contributed by atoms with van der Waals surface area (Å²) in [5.74, 6) is 2.85. The molecule has 7 rings (SSSR count). The van der Waals surface area contributed by atoms with Gasteiger partial charge in [-0.3, -0.25) is 9.69 Å². The van der Waals surface area contributed by atoms with Crippen molar-refractivity contribution in [1.29, 1.82) is 0 Å². The van der Waals surface area contributed by atoms with Gasteiger partial charge in [-0.25, -0.2) is 0 Å². The van der Waals surface area contributed by atoms with E-state index in [1.165, 1.54) is 55.3 Å². The number of nitrogens with one attached hydrogen (secondary N) is 1. The Kier molecular flexibility index (Phi) is 5.05. The van der Waals surface area contributed by atoms with E-state index in [1.807, 2.05) is 0 Å². The van der Waals surface area contributed by atoms with Crippen LogP contribution in [-0.4, -0.2) is 44.0 Å². The van der Waals surface area contributed by atoms with E-state index in [-0.39, 0.29) is 5.41 Å². The van der Waals surface area contributed by atoms with Crippen LogP contribution in [0.25, 0.3) is 0 Å². The van der Waals surface area contributed by atoms with Gasteiger partial charge in [0.2, 0.25) is 5.91 Å². The fraction of sp³-hybridized carbons (Fsp3) is 0.741. The Morgan fingerprint density at radius 1 is 1.03 bits per heavy atom. The normalized spacial score (nSPS) is 35.3. The molecule has 0 radical (unpaired) electrons. The predicted octanol–water partition coefficient (Wildman–Crippen LogP) is 4.54. The van der Waals surface area contributed by atoms with Gasteiger partial charge in [0.15, 0.2) is 0 Å². The Hall–Kier alpha value is -1.55. The number of likely N-dealkylation sites (tertiary alicyclic amines) is 1. The Labute approximate surface area is 187 Å². The standard InChI is InChI=1S/C27H39N3O/c1-29-10-7-23-14-22(5-6-24(23)29)25(30-8-3-2-4-9-30)18-28-26(31)27-15-19-11-20(16-27)13-21(12-19)17-27/h5-6,14,19-21,25H,2-4,7-13,15-18H2,1H3,(H,28,31)/t19?,20?,21?,25-,27?/m0/s1. The lowest BCUT2D eigenvalue weighted by Crippen LogP contribution is -2.54. The van der Waals surface area contributed by atoms with E-state index >= 15 is 0 Å². The van der Waals surface area contributed by atoms with E-state index in [1.54, 1.807) is 0 Å². The fourth-order valence-corrected chi connectivity index (χ4v) is 8.25. The average molecular weight is 422 g/mol. The first-order valence-electron chi connectivity index (χ1n) is 13.0. The van der Waals surface area contributed by atoms with Gasteiger partial charge in [-0.15, -0.1) is 0 Å². The van der Waals surface area contributed by atoms with Gasteiger partial charge in [0.1, 0.15) is 0 Å². The van der Waals surface area contributed by atoms with E-state index in [4.69, 9.17) is 0 Å². The Morgan fingerprint density at radius 3 is 2.39 bits per heavy atom. The number of piperidine rings is 1. The Bertz CT molecular complexity index is 808. The number of benzene rings is 1. The quantitative estimate of drug-likeness (QED) is 0.758. The lowest BCUT2D eigenvalue weighted by atomic mass is 9.49. The van der Waals surface area contributed by atoms with Crippen molar-refractivity contribution in [3.8, 4) is 0 Å². The van der Waals surface area contributed by atoms with E-state index in [0.717, 1.165) is 69.6 Å². The molecule has 0 aromatic heterocycles. The largest absolute Gasteiger partial charge is 0.374 e. The fourth-order valence-electron chi connectivity index (χ4n) is 8.25. The van der Waals surface area contributed by atoms with Gasteiger partial charge < -0.3 is 10.2 Å². The van der Waals surface area contributed by atoms with Crippen LogP contribution in [0.3, 0.4) is 0 Å². The summed E-state index contributed by atoms with van der Waals surface area (Å²) in [6.45, 7) is 4.22. The second kappa shape index (κ2) is 7.79. The van der Waals surface area contributed by atoms with Crippen LogP contribution in [0.2, 0.25) is 0 Å². The number of hydrogen-bond donors (Lipinski definition) is 1. The number of carbonyl (C=O) groups excluding carboxylic acids is 1. The number of hydrogen-bond acceptors (Lipinski definition) is 3. The van der Waals surface area contributed by atoms with Crippen molar-refractivity contribution in [3.05, 3.63) is 29.3 Å². The van der Waals surface area contributed by atoms with Crippen molar-refractivity contribution in [2.24, 2.45) is 23.2 Å². The van der Waals surface area contributed by atoms with E-state index in [0.29, 0.717) is 11.9 Å². The molecule has 1 N–H and O–H groups in total. The highest BCUT2D eigenvalue weighted by Crippen LogP contribution is 2.60. The number of anilines is 1. The summed E-state index contributed by atoms with van der Waals surface area (Å²) in [7, 11) is 2.19. The SMILES string of the molecule is CN1CCc2cc([C@H](CNC(=O)C34CC5CC(CC(C5)C3)C4)N3CCCCC3)ccc21. The summed E-state index contributed by atoms with van der Waals surface area (Å²) >= 11 is 0. The predicted molar refractivity (Wildman–Crippen MR) is 125 cm³/mol. The molecule has 168 valence electrons. The molecule has 4 nitrogen and oxygen atoms in total. The van der Waals surface area contributed by atoms with Crippen LogP contribution >= 0.6 is 0 Å². The van der Waals surface area contributed by atoms with Crippen LogP contribution in [0.15, 0.2) is 18.2 Å². The summed E-state index contributed by atoms with van der Waals surface area (Å²) in [6, 6.07) is 7.40. The minimum Gasteiger partial charge on any atom is -0.374 e. The van der Waals surface area contributed by atoms with E-state index < -0.39 is 0 Å². The second-order valence-electron chi connectivity index (χ2n) is 11.6. The Balaban J connectivity index is 1.21. The first kappa shape index (κ1) is 20.1. The number of carbonyl (C=O) groups is 1. The second-order valence-corrected chi connectivity index (χ2v) is 11.6. The van der Waals surface area contributed by atoms with Crippen LogP contribution in [0.1, 0.15) is 75.0 Å². The molecule has 1 atom stereocenters. The molecule has 1 aromatic rings. The number of rotatable bonds is 5. The molecule has 0 unspecified atom stereocenters. The summed E-state index contributed by atoms with van der Waals surface area (Å²) in [5.41, 5.74) is 4.23. The molecule has 2 heterocycles. The summed E-state index contributed by atoms with van der Waals surface area (Å²) in [6.07, 6.45) is 12.7. The maximum atomic E-state index is 13.6. The van der Waals surface area contributed by atoms with Gasteiger partial charge >= 0.3 is 0 Å². The van der Waals surface area contributed by atoms with Crippen molar-refractivity contribution in [2.75, 3.05) is 38.1 Å². The molecule has 0 spiro atoms. The van der Waals surface area contributed by atoms with Crippen LogP contribution in [0.4, 0.5) is 5.69 Å². The highest BCUT2D eigenvalue weighted by Gasteiger charge is 2.54. The number of amides is 1. The van der Waals surface area contributed by atoms with Gasteiger partial charge in [-0.2, -0.15) is 0 Å². The minimum absolute atomic E-state index is 0.0398. The molecule has 6 aliphatic rings. The van der Waals surface area contributed by atoms with Gasteiger partial charge in [0, 0.05) is 31.2 Å². The third-order valence-electron chi connectivity index (χ3n) is 9.42. The maximum absolute atomic E-state index is 13.6. The van der Waals surface area contributed by atoms with Crippen LogP contribution in [0.5, 0.6) is 0 Å². The summed E-state index contributed by atoms with van der Waals surface area (Å²) < 4.78 is 0. The van der Waals surface area contributed by atoms with Crippen molar-refractivity contribution in [3.63, 3.8) is 0 Å². The molecule has 4 saturated carbocycles. The number of likely N-dealkylation sites (N-methyl/N-ethyl adjacent to an activating group) is 1. The first-order chi connectivity index (χ1) is 15.1. The zero-order chi connectivity index (χ0) is 21.0. The van der Waals surface area contributed by atoms with Gasteiger partial charge in [0.05, 0.1) is 6.04 Å². The number of fused-ring (bicyclic) bond motifs is 1. The van der Waals surface area contributed by atoms with Crippen molar-refractivity contribution >= 4 is 11.6 Å².